The number of carboxylic acid groups (broad SMARTS) is 1. The quantitative estimate of drug-likeness (QED) is 0.856. The van der Waals surface area contributed by atoms with E-state index >= 15 is 0 Å². The van der Waals surface area contributed by atoms with Crippen LogP contribution in [0.4, 0.5) is 0 Å². The lowest BCUT2D eigenvalue weighted by atomic mass is 9.99. The van der Waals surface area contributed by atoms with Gasteiger partial charge in [-0.15, -0.1) is 0 Å². The number of phenolic OH excluding ortho intramolecular Hbond substituents is 1. The van der Waals surface area contributed by atoms with Crippen molar-refractivity contribution in [1.29, 1.82) is 0 Å². The van der Waals surface area contributed by atoms with Crippen molar-refractivity contribution in [3.8, 4) is 16.9 Å². The Hall–Kier alpha value is -2.00. The van der Waals surface area contributed by atoms with Gasteiger partial charge in [0.2, 0.25) is 0 Å². The molecular weight excluding hydrogens is 240 g/mol. The van der Waals surface area contributed by atoms with Crippen LogP contribution < -0.4 is 0 Å². The van der Waals surface area contributed by atoms with Crippen LogP contribution in [0.25, 0.3) is 11.1 Å². The molecule has 0 radical (unpaired) electrons. The molecule has 0 saturated heterocycles. The zero-order valence-electron chi connectivity index (χ0n) is 8.72. The van der Waals surface area contributed by atoms with E-state index in [2.05, 4.69) is 0 Å². The minimum Gasteiger partial charge on any atom is -0.506 e. The molecule has 86 valence electrons. The normalized spacial score (nSPS) is 10.2. The number of aromatic carboxylic acids is 1. The number of rotatable bonds is 2. The van der Waals surface area contributed by atoms with E-state index in [4.69, 9.17) is 16.7 Å². The van der Waals surface area contributed by atoms with Crippen LogP contribution in [0.15, 0.2) is 42.5 Å². The number of halogens is 1. The molecule has 0 saturated carbocycles. The Morgan fingerprint density at radius 1 is 1.06 bits per heavy atom. The van der Waals surface area contributed by atoms with E-state index in [-0.39, 0.29) is 16.3 Å². The van der Waals surface area contributed by atoms with Crippen LogP contribution >= 0.6 is 11.6 Å². The highest BCUT2D eigenvalue weighted by molar-refractivity contribution is 6.35. The van der Waals surface area contributed by atoms with Crippen LogP contribution in [0.5, 0.6) is 5.75 Å². The Morgan fingerprint density at radius 3 is 2.29 bits per heavy atom. The van der Waals surface area contributed by atoms with Gasteiger partial charge in [0.25, 0.3) is 0 Å². The molecule has 2 rings (SSSR count). The summed E-state index contributed by atoms with van der Waals surface area (Å²) in [5.74, 6) is -1.21. The molecule has 0 unspecified atom stereocenters. The Balaban J connectivity index is 2.74. The maximum Gasteiger partial charge on any atom is 0.336 e. The minimum absolute atomic E-state index is 0.0519. The van der Waals surface area contributed by atoms with Crippen molar-refractivity contribution in [2.24, 2.45) is 0 Å². The van der Waals surface area contributed by atoms with Gasteiger partial charge in [0.15, 0.2) is 0 Å². The van der Waals surface area contributed by atoms with Gasteiger partial charge in [-0.05, 0) is 17.7 Å². The molecule has 0 aliphatic rings. The third kappa shape index (κ3) is 2.10. The highest BCUT2D eigenvalue weighted by atomic mass is 35.5. The van der Waals surface area contributed by atoms with E-state index in [0.29, 0.717) is 11.1 Å². The molecular formula is C13H9ClO3. The first kappa shape index (κ1) is 11.5. The zero-order valence-corrected chi connectivity index (χ0v) is 9.48. The van der Waals surface area contributed by atoms with Crippen molar-refractivity contribution >= 4 is 17.6 Å². The van der Waals surface area contributed by atoms with E-state index in [9.17, 15) is 9.90 Å². The van der Waals surface area contributed by atoms with E-state index in [0.717, 1.165) is 0 Å². The zero-order chi connectivity index (χ0) is 12.4. The van der Waals surface area contributed by atoms with Gasteiger partial charge in [0.1, 0.15) is 5.75 Å². The molecule has 0 aromatic heterocycles. The van der Waals surface area contributed by atoms with Crippen molar-refractivity contribution in [2.45, 2.75) is 0 Å². The van der Waals surface area contributed by atoms with Crippen molar-refractivity contribution in [1.82, 2.24) is 0 Å². The molecule has 3 nitrogen and oxygen atoms in total. The summed E-state index contributed by atoms with van der Waals surface area (Å²) in [5.41, 5.74) is 1.06. The number of carboxylic acids is 1. The lowest BCUT2D eigenvalue weighted by Crippen LogP contribution is -2.00. The fourth-order valence-electron chi connectivity index (χ4n) is 1.63. The first-order chi connectivity index (χ1) is 8.11. The second-order valence-corrected chi connectivity index (χ2v) is 3.87. The molecule has 0 bridgehead atoms. The predicted molar refractivity (Wildman–Crippen MR) is 65.5 cm³/mol. The molecule has 0 aliphatic heterocycles. The molecule has 2 aromatic carbocycles. The summed E-state index contributed by atoms with van der Waals surface area (Å²) in [4.78, 5) is 11.1. The molecule has 0 amide bonds. The number of benzene rings is 2. The summed E-state index contributed by atoms with van der Waals surface area (Å²) in [6.45, 7) is 0. The fraction of sp³-hybridized carbons (Fsp3) is 0. The van der Waals surface area contributed by atoms with Crippen LogP contribution in [-0.2, 0) is 0 Å². The number of phenols is 1. The third-order valence-corrected chi connectivity index (χ3v) is 2.80. The van der Waals surface area contributed by atoms with E-state index < -0.39 is 5.97 Å². The lowest BCUT2D eigenvalue weighted by molar-refractivity contribution is 0.0697. The molecule has 2 N–H and O–H groups in total. The Bertz CT molecular complexity index is 564. The highest BCUT2D eigenvalue weighted by Crippen LogP contribution is 2.37. The molecule has 2 aromatic rings. The van der Waals surface area contributed by atoms with E-state index in [1.807, 2.05) is 6.07 Å². The summed E-state index contributed by atoms with van der Waals surface area (Å²) in [6.07, 6.45) is 0. The molecule has 0 fully saturated rings. The molecule has 0 spiro atoms. The molecule has 0 aliphatic carbocycles. The maximum absolute atomic E-state index is 11.1. The van der Waals surface area contributed by atoms with Gasteiger partial charge in [-0.1, -0.05) is 41.9 Å². The van der Waals surface area contributed by atoms with E-state index in [1.165, 1.54) is 12.1 Å². The first-order valence-corrected chi connectivity index (χ1v) is 5.29. The van der Waals surface area contributed by atoms with Crippen LogP contribution in [0.1, 0.15) is 10.4 Å². The average Bonchev–Trinajstić information content (AvgIpc) is 2.33. The number of hydrogen-bond acceptors (Lipinski definition) is 2. The topological polar surface area (TPSA) is 57.5 Å². The van der Waals surface area contributed by atoms with Gasteiger partial charge >= 0.3 is 5.97 Å². The van der Waals surface area contributed by atoms with E-state index in [1.54, 1.807) is 24.3 Å². The molecule has 4 heteroatoms. The summed E-state index contributed by atoms with van der Waals surface area (Å²) >= 11 is 5.96. The van der Waals surface area contributed by atoms with Gasteiger partial charge in [-0.25, -0.2) is 4.79 Å². The van der Waals surface area contributed by atoms with Gasteiger partial charge < -0.3 is 10.2 Å². The summed E-state index contributed by atoms with van der Waals surface area (Å²) in [6, 6.07) is 11.5. The second-order valence-electron chi connectivity index (χ2n) is 3.49. The second kappa shape index (κ2) is 4.47. The summed E-state index contributed by atoms with van der Waals surface area (Å²) < 4.78 is 0. The van der Waals surface area contributed by atoms with Gasteiger partial charge in [0.05, 0.1) is 10.6 Å². The Morgan fingerprint density at radius 2 is 1.71 bits per heavy atom. The first-order valence-electron chi connectivity index (χ1n) is 4.91. The number of carbonyl (C=O) groups is 1. The van der Waals surface area contributed by atoms with Crippen LogP contribution in [0.3, 0.4) is 0 Å². The number of aromatic hydroxyl groups is 1. The monoisotopic (exact) mass is 248 g/mol. The predicted octanol–water partition coefficient (Wildman–Crippen LogP) is 3.41. The standard InChI is InChI=1S/C13H9ClO3/c14-12-10(15)7-6-9(13(16)17)11(12)8-4-2-1-3-5-8/h1-7,15H,(H,16,17). The Labute approximate surface area is 103 Å². The largest absolute Gasteiger partial charge is 0.506 e. The summed E-state index contributed by atoms with van der Waals surface area (Å²) in [7, 11) is 0. The fourth-order valence-corrected chi connectivity index (χ4v) is 1.90. The van der Waals surface area contributed by atoms with Gasteiger partial charge in [0, 0.05) is 5.56 Å². The lowest BCUT2D eigenvalue weighted by Gasteiger charge is -2.09. The highest BCUT2D eigenvalue weighted by Gasteiger charge is 2.17. The average molecular weight is 249 g/mol. The van der Waals surface area contributed by atoms with Crippen LogP contribution in [-0.4, -0.2) is 16.2 Å². The SMILES string of the molecule is O=C(O)c1ccc(O)c(Cl)c1-c1ccccc1. The Kier molecular flexibility index (Phi) is 3.02. The smallest absolute Gasteiger partial charge is 0.336 e. The third-order valence-electron chi connectivity index (χ3n) is 2.41. The molecule has 17 heavy (non-hydrogen) atoms. The van der Waals surface area contributed by atoms with Crippen molar-refractivity contribution < 1.29 is 15.0 Å². The van der Waals surface area contributed by atoms with Gasteiger partial charge in [-0.2, -0.15) is 0 Å². The van der Waals surface area contributed by atoms with Crippen LogP contribution in [0, 0.1) is 0 Å². The van der Waals surface area contributed by atoms with Crippen molar-refractivity contribution in [3.05, 3.63) is 53.1 Å². The van der Waals surface area contributed by atoms with Crippen LogP contribution in [0.2, 0.25) is 5.02 Å². The summed E-state index contributed by atoms with van der Waals surface area (Å²) in [5, 5.41) is 18.7. The van der Waals surface area contributed by atoms with Crippen molar-refractivity contribution in [2.75, 3.05) is 0 Å². The minimum atomic E-state index is -1.08. The molecule has 0 heterocycles. The van der Waals surface area contributed by atoms with Crippen molar-refractivity contribution in [3.63, 3.8) is 0 Å². The van der Waals surface area contributed by atoms with Gasteiger partial charge in [-0.3, -0.25) is 0 Å². The number of hydrogen-bond donors (Lipinski definition) is 2. The molecule has 0 atom stereocenters. The maximum atomic E-state index is 11.1.